The Morgan fingerprint density at radius 3 is 2.52 bits per heavy atom. The van der Waals surface area contributed by atoms with Gasteiger partial charge in [-0.1, -0.05) is 6.92 Å². The summed E-state index contributed by atoms with van der Waals surface area (Å²) in [4.78, 5) is 4.15. The second-order valence-corrected chi connectivity index (χ2v) is 4.30. The van der Waals surface area contributed by atoms with Crippen molar-refractivity contribution in [3.63, 3.8) is 0 Å². The normalized spacial score (nSPS) is 12.0. The predicted molar refractivity (Wildman–Crippen MR) is 86.7 cm³/mol. The van der Waals surface area contributed by atoms with Crippen molar-refractivity contribution in [2.75, 3.05) is 13.1 Å². The number of nitrogens with zero attached hydrogens (tertiary/aromatic N) is 3. The molecule has 0 saturated heterocycles. The van der Waals surface area contributed by atoms with E-state index >= 15 is 0 Å². The van der Waals surface area contributed by atoms with Crippen molar-refractivity contribution < 1.29 is 13.2 Å². The first-order valence-corrected chi connectivity index (χ1v) is 6.50. The molecular formula is C12H21F3IN5. The minimum absolute atomic E-state index is 0. The average Bonchev–Trinajstić information content (AvgIpc) is 2.74. The number of aromatic nitrogens is 2. The molecule has 1 heterocycles. The molecule has 21 heavy (non-hydrogen) atoms. The summed E-state index contributed by atoms with van der Waals surface area (Å²) in [6.07, 6.45) is -2.21. The summed E-state index contributed by atoms with van der Waals surface area (Å²) in [7, 11) is 1.46. The molecule has 9 heteroatoms. The zero-order chi connectivity index (χ0) is 15.2. The predicted octanol–water partition coefficient (Wildman–Crippen LogP) is 2.52. The van der Waals surface area contributed by atoms with Crippen LogP contribution in [0.25, 0.3) is 0 Å². The first-order chi connectivity index (χ1) is 9.38. The molecule has 1 aromatic heterocycles. The van der Waals surface area contributed by atoms with Gasteiger partial charge in [0.25, 0.3) is 0 Å². The fourth-order valence-corrected chi connectivity index (χ4v) is 1.64. The zero-order valence-electron chi connectivity index (χ0n) is 12.3. The summed E-state index contributed by atoms with van der Waals surface area (Å²) in [6, 6.07) is 0. The standard InChI is InChI=1S/C12H20F3N5.HI/c1-4-6-17-11(16-5-2)18-7-9-8-20(3)19-10(9)12(13,14)15;/h8H,4-7H2,1-3H3,(H2,16,17,18);1H. The van der Waals surface area contributed by atoms with E-state index in [0.29, 0.717) is 19.0 Å². The number of rotatable bonds is 5. The van der Waals surface area contributed by atoms with Crippen LogP contribution in [0.2, 0.25) is 0 Å². The van der Waals surface area contributed by atoms with E-state index < -0.39 is 11.9 Å². The Morgan fingerprint density at radius 2 is 2.00 bits per heavy atom. The van der Waals surface area contributed by atoms with Crippen LogP contribution in [0.1, 0.15) is 31.5 Å². The molecule has 0 amide bonds. The lowest BCUT2D eigenvalue weighted by molar-refractivity contribution is -0.142. The maximum absolute atomic E-state index is 12.8. The number of alkyl halides is 3. The third kappa shape index (κ3) is 6.53. The topological polar surface area (TPSA) is 54.2 Å². The maximum atomic E-state index is 12.8. The van der Waals surface area contributed by atoms with Crippen molar-refractivity contribution in [1.29, 1.82) is 0 Å². The van der Waals surface area contributed by atoms with Crippen LogP contribution < -0.4 is 10.6 Å². The summed E-state index contributed by atoms with van der Waals surface area (Å²) >= 11 is 0. The first-order valence-electron chi connectivity index (χ1n) is 6.50. The van der Waals surface area contributed by atoms with Crippen molar-refractivity contribution in [3.05, 3.63) is 17.5 Å². The molecule has 2 N–H and O–H groups in total. The van der Waals surface area contributed by atoms with Gasteiger partial charge in [-0.2, -0.15) is 18.3 Å². The van der Waals surface area contributed by atoms with E-state index in [1.165, 1.54) is 13.2 Å². The van der Waals surface area contributed by atoms with Gasteiger partial charge >= 0.3 is 6.18 Å². The van der Waals surface area contributed by atoms with Gasteiger partial charge in [-0.15, -0.1) is 24.0 Å². The SMILES string of the molecule is CCCNC(=NCc1cn(C)nc1C(F)(F)F)NCC.I. The third-order valence-electron chi connectivity index (χ3n) is 2.47. The smallest absolute Gasteiger partial charge is 0.357 e. The molecule has 0 saturated carbocycles. The number of aliphatic imine (C=N–C) groups is 1. The summed E-state index contributed by atoms with van der Waals surface area (Å²) in [5, 5.41) is 9.47. The highest BCUT2D eigenvalue weighted by Crippen LogP contribution is 2.30. The molecule has 0 aliphatic carbocycles. The quantitative estimate of drug-likeness (QED) is 0.438. The van der Waals surface area contributed by atoms with Gasteiger partial charge in [0.2, 0.25) is 0 Å². The molecular weight excluding hydrogens is 398 g/mol. The molecule has 0 unspecified atom stereocenters. The second-order valence-electron chi connectivity index (χ2n) is 4.30. The van der Waals surface area contributed by atoms with Crippen LogP contribution in [0, 0.1) is 0 Å². The van der Waals surface area contributed by atoms with Crippen LogP contribution in [-0.4, -0.2) is 28.8 Å². The van der Waals surface area contributed by atoms with E-state index in [1.807, 2.05) is 13.8 Å². The van der Waals surface area contributed by atoms with Crippen molar-refractivity contribution >= 4 is 29.9 Å². The van der Waals surface area contributed by atoms with Gasteiger partial charge in [-0.05, 0) is 13.3 Å². The molecule has 1 aromatic rings. The molecule has 0 spiro atoms. The molecule has 5 nitrogen and oxygen atoms in total. The van der Waals surface area contributed by atoms with E-state index in [9.17, 15) is 13.2 Å². The lowest BCUT2D eigenvalue weighted by Gasteiger charge is -2.10. The lowest BCUT2D eigenvalue weighted by atomic mass is 10.2. The Kier molecular flexibility index (Phi) is 8.67. The van der Waals surface area contributed by atoms with Crippen LogP contribution >= 0.6 is 24.0 Å². The number of aryl methyl sites for hydroxylation is 1. The van der Waals surface area contributed by atoms with Gasteiger partial charge in [-0.25, -0.2) is 4.99 Å². The van der Waals surface area contributed by atoms with Crippen molar-refractivity contribution in [2.45, 2.75) is 33.0 Å². The number of halogens is 4. The Balaban J connectivity index is 0.00000400. The second kappa shape index (κ2) is 9.11. The number of hydrogen-bond acceptors (Lipinski definition) is 2. The van der Waals surface area contributed by atoms with E-state index in [-0.39, 0.29) is 36.1 Å². The van der Waals surface area contributed by atoms with E-state index in [4.69, 9.17) is 0 Å². The van der Waals surface area contributed by atoms with E-state index in [1.54, 1.807) is 0 Å². The molecule has 122 valence electrons. The summed E-state index contributed by atoms with van der Waals surface area (Å²) in [5.41, 5.74) is -0.816. The van der Waals surface area contributed by atoms with Crippen molar-refractivity contribution in [2.24, 2.45) is 12.0 Å². The molecule has 0 aliphatic heterocycles. The van der Waals surface area contributed by atoms with Crippen LogP contribution in [-0.2, 0) is 19.8 Å². The van der Waals surface area contributed by atoms with Gasteiger partial charge in [0.1, 0.15) is 0 Å². The minimum Gasteiger partial charge on any atom is -0.357 e. The summed E-state index contributed by atoms with van der Waals surface area (Å²) in [6.45, 7) is 5.19. The van der Waals surface area contributed by atoms with E-state index in [0.717, 1.165) is 11.1 Å². The fourth-order valence-electron chi connectivity index (χ4n) is 1.64. The average molecular weight is 419 g/mol. The summed E-state index contributed by atoms with van der Waals surface area (Å²) in [5.74, 6) is 0.506. The first kappa shape index (κ1) is 20.0. The van der Waals surface area contributed by atoms with Gasteiger partial charge in [0.05, 0.1) is 6.54 Å². The maximum Gasteiger partial charge on any atom is 0.435 e. The Bertz CT molecular complexity index is 456. The molecule has 0 aliphatic rings. The fraction of sp³-hybridized carbons (Fsp3) is 0.667. The van der Waals surface area contributed by atoms with Gasteiger partial charge in [0.15, 0.2) is 11.7 Å². The molecule has 0 fully saturated rings. The number of hydrogen-bond donors (Lipinski definition) is 2. The van der Waals surface area contributed by atoms with Crippen molar-refractivity contribution in [1.82, 2.24) is 20.4 Å². The van der Waals surface area contributed by atoms with E-state index in [2.05, 4.69) is 20.7 Å². The van der Waals surface area contributed by atoms with Crippen LogP contribution in [0.15, 0.2) is 11.2 Å². The Morgan fingerprint density at radius 1 is 1.33 bits per heavy atom. The molecule has 0 bridgehead atoms. The molecule has 0 aromatic carbocycles. The van der Waals surface area contributed by atoms with Crippen LogP contribution in [0.4, 0.5) is 13.2 Å². The summed E-state index contributed by atoms with van der Waals surface area (Å²) < 4.78 is 39.5. The zero-order valence-corrected chi connectivity index (χ0v) is 14.6. The highest BCUT2D eigenvalue weighted by Gasteiger charge is 2.36. The van der Waals surface area contributed by atoms with Crippen LogP contribution in [0.3, 0.4) is 0 Å². The molecule has 0 radical (unpaired) electrons. The highest BCUT2D eigenvalue weighted by atomic mass is 127. The largest absolute Gasteiger partial charge is 0.435 e. The minimum atomic E-state index is -4.46. The monoisotopic (exact) mass is 419 g/mol. The molecule has 1 rings (SSSR count). The Labute approximate surface area is 139 Å². The lowest BCUT2D eigenvalue weighted by Crippen LogP contribution is -2.37. The Hall–Kier alpha value is -1.00. The highest BCUT2D eigenvalue weighted by molar-refractivity contribution is 14.0. The van der Waals surface area contributed by atoms with Crippen LogP contribution in [0.5, 0.6) is 0 Å². The van der Waals surface area contributed by atoms with Gasteiger partial charge < -0.3 is 10.6 Å². The van der Waals surface area contributed by atoms with Gasteiger partial charge in [0, 0.05) is 31.9 Å². The number of guanidine groups is 1. The van der Waals surface area contributed by atoms with Crippen molar-refractivity contribution in [3.8, 4) is 0 Å². The third-order valence-corrected chi connectivity index (χ3v) is 2.47. The number of nitrogens with one attached hydrogen (secondary N) is 2. The van der Waals surface area contributed by atoms with Gasteiger partial charge in [-0.3, -0.25) is 4.68 Å². The molecule has 0 atom stereocenters.